The van der Waals surface area contributed by atoms with E-state index in [0.717, 1.165) is 11.0 Å². The number of rotatable bonds is 2. The van der Waals surface area contributed by atoms with Gasteiger partial charge < -0.3 is 10.6 Å². The van der Waals surface area contributed by atoms with Crippen LogP contribution in [0.4, 0.5) is 15.8 Å². The zero-order valence-electron chi connectivity index (χ0n) is 11.5. The average Bonchev–Trinajstić information content (AvgIpc) is 2.50. The molecule has 23 heavy (non-hydrogen) atoms. The zero-order chi connectivity index (χ0) is 16.6. The van der Waals surface area contributed by atoms with Crippen molar-refractivity contribution in [3.05, 3.63) is 51.8 Å². The zero-order valence-corrected chi connectivity index (χ0v) is 13.8. The van der Waals surface area contributed by atoms with Crippen LogP contribution < -0.4 is 10.6 Å². The molecule has 2 N–H and O–H groups in total. The summed E-state index contributed by atoms with van der Waals surface area (Å²) >= 11 is 13.0. The van der Waals surface area contributed by atoms with Gasteiger partial charge in [-0.25, -0.2) is 4.39 Å². The van der Waals surface area contributed by atoms with Crippen LogP contribution in [0.15, 0.2) is 35.2 Å². The number of anilines is 2. The number of carbonyl (C=O) groups excluding carboxylic acids is 2. The summed E-state index contributed by atoms with van der Waals surface area (Å²) in [5.74, 6) is -1.04. The number of halogens is 3. The normalized spacial score (nSPS) is 13.3. The van der Waals surface area contributed by atoms with Crippen LogP contribution in [0.25, 0.3) is 0 Å². The lowest BCUT2D eigenvalue weighted by molar-refractivity contribution is -0.113. The van der Waals surface area contributed by atoms with Crippen LogP contribution in [0.5, 0.6) is 0 Å². The van der Waals surface area contributed by atoms with Gasteiger partial charge in [-0.15, -0.1) is 11.8 Å². The molecule has 0 aromatic heterocycles. The van der Waals surface area contributed by atoms with Gasteiger partial charge in [0.15, 0.2) is 0 Å². The summed E-state index contributed by atoms with van der Waals surface area (Å²) in [7, 11) is 0. The van der Waals surface area contributed by atoms with E-state index in [9.17, 15) is 14.0 Å². The fourth-order valence-corrected chi connectivity index (χ4v) is 3.31. The van der Waals surface area contributed by atoms with Crippen LogP contribution in [-0.2, 0) is 4.79 Å². The lowest BCUT2D eigenvalue weighted by Gasteiger charge is -2.17. The summed E-state index contributed by atoms with van der Waals surface area (Å²) < 4.78 is 13.5. The molecule has 2 aromatic carbocycles. The Balaban J connectivity index is 1.85. The summed E-state index contributed by atoms with van der Waals surface area (Å²) in [5, 5.41) is 5.24. The van der Waals surface area contributed by atoms with Crippen LogP contribution in [0.1, 0.15) is 10.4 Å². The second-order valence-electron chi connectivity index (χ2n) is 4.75. The maximum absolute atomic E-state index is 13.5. The lowest BCUT2D eigenvalue weighted by Crippen LogP contribution is -2.19. The van der Waals surface area contributed by atoms with Crippen molar-refractivity contribution in [3.8, 4) is 0 Å². The van der Waals surface area contributed by atoms with E-state index in [2.05, 4.69) is 10.6 Å². The second kappa shape index (κ2) is 6.39. The summed E-state index contributed by atoms with van der Waals surface area (Å²) in [5.41, 5.74) is 1.06. The number of thioether (sulfide) groups is 1. The molecule has 0 spiro atoms. The van der Waals surface area contributed by atoms with Gasteiger partial charge in [0.1, 0.15) is 5.82 Å². The summed E-state index contributed by atoms with van der Waals surface area (Å²) in [6.07, 6.45) is 0. The van der Waals surface area contributed by atoms with E-state index in [1.54, 1.807) is 18.2 Å². The lowest BCUT2D eigenvalue weighted by atomic mass is 10.2. The fraction of sp³-hybridized carbons (Fsp3) is 0.0667. The molecule has 0 fully saturated rings. The number of nitrogens with one attached hydrogen (secondary N) is 2. The van der Waals surface area contributed by atoms with Crippen LogP contribution in [-0.4, -0.2) is 17.6 Å². The summed E-state index contributed by atoms with van der Waals surface area (Å²) in [6.45, 7) is 0. The van der Waals surface area contributed by atoms with Crippen molar-refractivity contribution in [2.75, 3.05) is 16.4 Å². The summed E-state index contributed by atoms with van der Waals surface area (Å²) in [4.78, 5) is 24.6. The van der Waals surface area contributed by atoms with Gasteiger partial charge in [0, 0.05) is 10.6 Å². The first-order valence-corrected chi connectivity index (χ1v) is 8.21. The van der Waals surface area contributed by atoms with Gasteiger partial charge in [0.2, 0.25) is 5.91 Å². The minimum Gasteiger partial charge on any atom is -0.324 e. The molecule has 118 valence electrons. The van der Waals surface area contributed by atoms with Gasteiger partial charge in [0.25, 0.3) is 5.91 Å². The Morgan fingerprint density at radius 2 is 2.00 bits per heavy atom. The van der Waals surface area contributed by atoms with Crippen molar-refractivity contribution in [1.82, 2.24) is 0 Å². The van der Waals surface area contributed by atoms with E-state index in [4.69, 9.17) is 23.2 Å². The monoisotopic (exact) mass is 370 g/mol. The molecule has 0 bridgehead atoms. The molecule has 4 nitrogen and oxygen atoms in total. The van der Waals surface area contributed by atoms with Crippen LogP contribution in [0.3, 0.4) is 0 Å². The molecule has 1 aliphatic heterocycles. The topological polar surface area (TPSA) is 58.2 Å². The third-order valence-electron chi connectivity index (χ3n) is 3.12. The number of hydrogen-bond donors (Lipinski definition) is 2. The third-order valence-corrected chi connectivity index (χ3v) is 4.80. The molecule has 0 atom stereocenters. The van der Waals surface area contributed by atoms with E-state index in [1.807, 2.05) is 0 Å². The van der Waals surface area contributed by atoms with E-state index >= 15 is 0 Å². The molecule has 0 aliphatic carbocycles. The fourth-order valence-electron chi connectivity index (χ4n) is 2.06. The Hall–Kier alpha value is -1.76. The molecular weight excluding hydrogens is 362 g/mol. The molecule has 1 aliphatic rings. The van der Waals surface area contributed by atoms with E-state index < -0.39 is 11.7 Å². The Morgan fingerprint density at radius 3 is 2.78 bits per heavy atom. The van der Waals surface area contributed by atoms with Crippen molar-refractivity contribution in [3.63, 3.8) is 0 Å². The molecule has 2 amide bonds. The highest BCUT2D eigenvalue weighted by molar-refractivity contribution is 8.00. The molecule has 3 rings (SSSR count). The molecular formula is C15H9Cl2FN2O2S. The first-order chi connectivity index (χ1) is 10.9. The molecule has 0 saturated heterocycles. The van der Waals surface area contributed by atoms with Gasteiger partial charge in [-0.2, -0.15) is 0 Å². The predicted octanol–water partition coefficient (Wildman–Crippen LogP) is 4.43. The molecule has 8 heteroatoms. The number of fused-ring (bicyclic) bond motifs is 1. The Morgan fingerprint density at radius 1 is 1.22 bits per heavy atom. The van der Waals surface area contributed by atoms with Crippen molar-refractivity contribution in [1.29, 1.82) is 0 Å². The molecule has 1 heterocycles. The number of hydrogen-bond acceptors (Lipinski definition) is 3. The molecule has 0 unspecified atom stereocenters. The third kappa shape index (κ3) is 3.44. The number of benzene rings is 2. The van der Waals surface area contributed by atoms with Crippen molar-refractivity contribution < 1.29 is 14.0 Å². The van der Waals surface area contributed by atoms with Crippen LogP contribution >= 0.6 is 35.0 Å². The molecule has 0 radical (unpaired) electrons. The van der Waals surface area contributed by atoms with E-state index in [1.165, 1.54) is 17.8 Å². The smallest absolute Gasteiger partial charge is 0.257 e. The number of carbonyl (C=O) groups is 2. The predicted molar refractivity (Wildman–Crippen MR) is 90.2 cm³/mol. The highest BCUT2D eigenvalue weighted by atomic mass is 35.5. The minimum absolute atomic E-state index is 0.0234. The van der Waals surface area contributed by atoms with Crippen LogP contribution in [0, 0.1) is 5.82 Å². The quantitative estimate of drug-likeness (QED) is 0.768. The second-order valence-corrected chi connectivity index (χ2v) is 6.58. The SMILES string of the molecule is O=C1CSc2ccc(NC(=O)c3cc(F)c(Cl)cc3Cl)cc2N1. The largest absolute Gasteiger partial charge is 0.324 e. The minimum atomic E-state index is -0.727. The van der Waals surface area contributed by atoms with Gasteiger partial charge in [-0.05, 0) is 30.3 Å². The Bertz CT molecular complexity index is 829. The van der Waals surface area contributed by atoms with Gasteiger partial charge in [-0.1, -0.05) is 23.2 Å². The molecule has 2 aromatic rings. The van der Waals surface area contributed by atoms with Gasteiger partial charge in [0.05, 0.1) is 27.0 Å². The highest BCUT2D eigenvalue weighted by Crippen LogP contribution is 2.33. The highest BCUT2D eigenvalue weighted by Gasteiger charge is 2.18. The van der Waals surface area contributed by atoms with Gasteiger partial charge >= 0.3 is 0 Å². The average molecular weight is 371 g/mol. The van der Waals surface area contributed by atoms with Crippen LogP contribution in [0.2, 0.25) is 10.0 Å². The van der Waals surface area contributed by atoms with Crippen molar-refractivity contribution in [2.24, 2.45) is 0 Å². The Kier molecular flexibility index (Phi) is 4.48. The Labute approximate surface area is 145 Å². The first kappa shape index (κ1) is 16.1. The van der Waals surface area contributed by atoms with Gasteiger partial charge in [-0.3, -0.25) is 9.59 Å². The maximum atomic E-state index is 13.5. The number of amides is 2. The summed E-state index contributed by atoms with van der Waals surface area (Å²) in [6, 6.07) is 7.28. The van der Waals surface area contributed by atoms with E-state index in [-0.39, 0.29) is 21.5 Å². The first-order valence-electron chi connectivity index (χ1n) is 6.46. The van der Waals surface area contributed by atoms with E-state index in [0.29, 0.717) is 17.1 Å². The maximum Gasteiger partial charge on any atom is 0.257 e. The molecule has 0 saturated carbocycles. The standard InChI is InChI=1S/C15H9Cl2FN2O2S/c16-9-5-10(17)11(18)4-8(9)15(22)19-7-1-2-13-12(3-7)20-14(21)6-23-13/h1-5H,6H2,(H,19,22)(H,20,21). The van der Waals surface area contributed by atoms with Crippen molar-refractivity contribution >= 4 is 58.2 Å². The van der Waals surface area contributed by atoms with Crippen molar-refractivity contribution in [2.45, 2.75) is 4.90 Å².